The van der Waals surface area contributed by atoms with Crippen LogP contribution < -0.4 is 5.32 Å². The maximum atomic E-state index is 13.0. The highest BCUT2D eigenvalue weighted by molar-refractivity contribution is 5.20. The minimum atomic E-state index is -0.561. The summed E-state index contributed by atoms with van der Waals surface area (Å²) in [7, 11) is 1.78. The second-order valence-electron chi connectivity index (χ2n) is 3.84. The van der Waals surface area contributed by atoms with Gasteiger partial charge in [0, 0.05) is 6.07 Å². The second kappa shape index (κ2) is 5.10. The van der Waals surface area contributed by atoms with Crippen LogP contribution in [-0.2, 0) is 6.42 Å². The van der Waals surface area contributed by atoms with E-state index in [2.05, 4.69) is 5.32 Å². The van der Waals surface area contributed by atoms with Crippen LogP contribution in [-0.4, -0.2) is 7.05 Å². The van der Waals surface area contributed by atoms with Crippen LogP contribution in [0.15, 0.2) is 41.0 Å². The SMILES string of the molecule is CNC(Cc1cc(F)cc(F)c1)c1ccco1. The zero-order valence-corrected chi connectivity index (χ0v) is 9.41. The van der Waals surface area contributed by atoms with Crippen LogP contribution in [0.3, 0.4) is 0 Å². The summed E-state index contributed by atoms with van der Waals surface area (Å²) in [4.78, 5) is 0. The van der Waals surface area contributed by atoms with Crippen molar-refractivity contribution in [1.29, 1.82) is 0 Å². The molecule has 1 aromatic heterocycles. The minimum absolute atomic E-state index is 0.0915. The van der Waals surface area contributed by atoms with E-state index in [0.717, 1.165) is 11.8 Å². The number of nitrogens with one attached hydrogen (secondary N) is 1. The van der Waals surface area contributed by atoms with Crippen molar-refractivity contribution in [2.24, 2.45) is 0 Å². The number of furan rings is 1. The van der Waals surface area contributed by atoms with Gasteiger partial charge < -0.3 is 9.73 Å². The molecule has 0 amide bonds. The molecule has 2 aromatic rings. The number of hydrogen-bond acceptors (Lipinski definition) is 2. The lowest BCUT2D eigenvalue weighted by Gasteiger charge is -2.13. The molecule has 90 valence electrons. The molecule has 0 radical (unpaired) electrons. The Morgan fingerprint density at radius 3 is 2.47 bits per heavy atom. The molecular formula is C13H13F2NO. The highest BCUT2D eigenvalue weighted by atomic mass is 19.1. The van der Waals surface area contributed by atoms with E-state index >= 15 is 0 Å². The molecule has 0 aliphatic rings. The maximum Gasteiger partial charge on any atom is 0.126 e. The predicted octanol–water partition coefficient (Wildman–Crippen LogP) is 3.06. The zero-order valence-electron chi connectivity index (χ0n) is 9.41. The summed E-state index contributed by atoms with van der Waals surface area (Å²) in [5.41, 5.74) is 0.596. The second-order valence-corrected chi connectivity index (χ2v) is 3.84. The van der Waals surface area contributed by atoms with Gasteiger partial charge in [-0.05, 0) is 43.3 Å². The van der Waals surface area contributed by atoms with Crippen LogP contribution in [0.2, 0.25) is 0 Å². The van der Waals surface area contributed by atoms with Gasteiger partial charge in [0.05, 0.1) is 12.3 Å². The van der Waals surface area contributed by atoms with E-state index in [0.29, 0.717) is 12.0 Å². The first-order valence-electron chi connectivity index (χ1n) is 5.34. The molecule has 1 atom stereocenters. The topological polar surface area (TPSA) is 25.2 Å². The summed E-state index contributed by atoms with van der Waals surface area (Å²) in [5, 5.41) is 3.05. The predicted molar refractivity (Wildman–Crippen MR) is 60.6 cm³/mol. The van der Waals surface area contributed by atoms with Crippen LogP contribution in [0.5, 0.6) is 0 Å². The molecule has 4 heteroatoms. The lowest BCUT2D eigenvalue weighted by molar-refractivity contribution is 0.428. The maximum absolute atomic E-state index is 13.0. The number of hydrogen-bond donors (Lipinski definition) is 1. The number of rotatable bonds is 4. The van der Waals surface area contributed by atoms with Gasteiger partial charge in [-0.2, -0.15) is 0 Å². The zero-order chi connectivity index (χ0) is 12.3. The molecule has 0 saturated heterocycles. The molecule has 0 aliphatic heterocycles. The summed E-state index contributed by atoms with van der Waals surface area (Å²) < 4.78 is 31.4. The Kier molecular flexibility index (Phi) is 3.54. The lowest BCUT2D eigenvalue weighted by atomic mass is 10.0. The highest BCUT2D eigenvalue weighted by Gasteiger charge is 2.13. The largest absolute Gasteiger partial charge is 0.468 e. The van der Waals surface area contributed by atoms with Crippen LogP contribution in [0.1, 0.15) is 17.4 Å². The molecule has 2 rings (SSSR count). The Morgan fingerprint density at radius 1 is 1.24 bits per heavy atom. The van der Waals surface area contributed by atoms with Crippen molar-refractivity contribution in [3.05, 3.63) is 59.6 Å². The molecule has 0 bridgehead atoms. The summed E-state index contributed by atoms with van der Waals surface area (Å²) in [6.45, 7) is 0. The summed E-state index contributed by atoms with van der Waals surface area (Å²) in [6, 6.07) is 7.05. The van der Waals surface area contributed by atoms with Crippen LogP contribution in [0.4, 0.5) is 8.78 Å². The fourth-order valence-corrected chi connectivity index (χ4v) is 1.80. The van der Waals surface area contributed by atoms with Crippen molar-refractivity contribution in [3.8, 4) is 0 Å². The average Bonchev–Trinajstić information content (AvgIpc) is 2.77. The Labute approximate surface area is 98.3 Å². The van der Waals surface area contributed by atoms with Crippen molar-refractivity contribution < 1.29 is 13.2 Å². The third-order valence-electron chi connectivity index (χ3n) is 2.60. The molecule has 0 saturated carbocycles. The van der Waals surface area contributed by atoms with Gasteiger partial charge in [-0.15, -0.1) is 0 Å². The van der Waals surface area contributed by atoms with Crippen molar-refractivity contribution in [2.45, 2.75) is 12.5 Å². The van der Waals surface area contributed by atoms with Crippen molar-refractivity contribution in [2.75, 3.05) is 7.05 Å². The molecule has 0 aliphatic carbocycles. The molecule has 1 N–H and O–H groups in total. The summed E-state index contributed by atoms with van der Waals surface area (Å²) >= 11 is 0. The number of benzene rings is 1. The third-order valence-corrected chi connectivity index (χ3v) is 2.60. The first kappa shape index (κ1) is 11.8. The number of halogens is 2. The Bertz CT molecular complexity index is 462. The van der Waals surface area contributed by atoms with E-state index in [1.165, 1.54) is 12.1 Å². The molecule has 1 heterocycles. The summed E-state index contributed by atoms with van der Waals surface area (Å²) in [6.07, 6.45) is 2.05. The van der Waals surface area contributed by atoms with Crippen LogP contribution >= 0.6 is 0 Å². The third kappa shape index (κ3) is 2.91. The van der Waals surface area contributed by atoms with Crippen molar-refractivity contribution >= 4 is 0 Å². The van der Waals surface area contributed by atoms with Gasteiger partial charge >= 0.3 is 0 Å². The van der Waals surface area contributed by atoms with Crippen LogP contribution in [0.25, 0.3) is 0 Å². The summed E-state index contributed by atoms with van der Waals surface area (Å²) in [5.74, 6) is -0.374. The van der Waals surface area contributed by atoms with Crippen molar-refractivity contribution in [1.82, 2.24) is 5.32 Å². The standard InChI is InChI=1S/C13H13F2NO/c1-16-12(13-3-2-4-17-13)7-9-5-10(14)8-11(15)6-9/h2-6,8,12,16H,7H2,1H3. The Morgan fingerprint density at radius 2 is 1.94 bits per heavy atom. The monoisotopic (exact) mass is 237 g/mol. The quantitative estimate of drug-likeness (QED) is 0.884. The van der Waals surface area contributed by atoms with Crippen LogP contribution in [0, 0.1) is 11.6 Å². The molecule has 0 fully saturated rings. The van der Waals surface area contributed by atoms with E-state index in [4.69, 9.17) is 4.42 Å². The van der Waals surface area contributed by atoms with Gasteiger partial charge in [-0.25, -0.2) is 8.78 Å². The number of likely N-dealkylation sites (N-methyl/N-ethyl adjacent to an activating group) is 1. The first-order valence-corrected chi connectivity index (χ1v) is 5.34. The minimum Gasteiger partial charge on any atom is -0.468 e. The van der Waals surface area contributed by atoms with E-state index in [9.17, 15) is 8.78 Å². The fourth-order valence-electron chi connectivity index (χ4n) is 1.80. The van der Waals surface area contributed by atoms with Gasteiger partial charge in [-0.1, -0.05) is 0 Å². The van der Waals surface area contributed by atoms with Gasteiger partial charge in [-0.3, -0.25) is 0 Å². The Hall–Kier alpha value is -1.68. The molecule has 0 spiro atoms. The van der Waals surface area contributed by atoms with Crippen molar-refractivity contribution in [3.63, 3.8) is 0 Å². The fraction of sp³-hybridized carbons (Fsp3) is 0.231. The normalized spacial score (nSPS) is 12.6. The van der Waals surface area contributed by atoms with E-state index < -0.39 is 11.6 Å². The smallest absolute Gasteiger partial charge is 0.126 e. The average molecular weight is 237 g/mol. The Balaban J connectivity index is 2.18. The van der Waals surface area contributed by atoms with Gasteiger partial charge in [0.2, 0.25) is 0 Å². The molecule has 2 nitrogen and oxygen atoms in total. The molecule has 1 aromatic carbocycles. The van der Waals surface area contributed by atoms with Gasteiger partial charge in [0.25, 0.3) is 0 Å². The molecule has 1 unspecified atom stereocenters. The van der Waals surface area contributed by atoms with E-state index in [-0.39, 0.29) is 6.04 Å². The first-order chi connectivity index (χ1) is 8.19. The molecule has 17 heavy (non-hydrogen) atoms. The highest BCUT2D eigenvalue weighted by Crippen LogP contribution is 2.19. The van der Waals surface area contributed by atoms with E-state index in [1.807, 2.05) is 6.07 Å². The lowest BCUT2D eigenvalue weighted by Crippen LogP contribution is -2.18. The molecular weight excluding hydrogens is 224 g/mol. The van der Waals surface area contributed by atoms with Gasteiger partial charge in [0.15, 0.2) is 0 Å². The van der Waals surface area contributed by atoms with E-state index in [1.54, 1.807) is 19.4 Å². The van der Waals surface area contributed by atoms with Gasteiger partial charge in [0.1, 0.15) is 17.4 Å².